The van der Waals surface area contributed by atoms with Crippen molar-refractivity contribution < 1.29 is 58.2 Å². The Bertz CT molecular complexity index is 1500. The Hall–Kier alpha value is -3.58. The third-order valence-corrected chi connectivity index (χ3v) is 13.0. The fraction of sp³-hybridized carbons (Fsp3) is 0.770. The summed E-state index contributed by atoms with van der Waals surface area (Å²) >= 11 is 0. The van der Waals surface area contributed by atoms with Gasteiger partial charge in [-0.25, -0.2) is 4.79 Å². The largest absolute Gasteiger partial charge is 0.479 e. The molecule has 420 valence electrons. The molecule has 0 amide bonds. The van der Waals surface area contributed by atoms with Gasteiger partial charge in [0.1, 0.15) is 18.8 Å². The lowest BCUT2D eigenvalue weighted by Gasteiger charge is -2.40. The summed E-state index contributed by atoms with van der Waals surface area (Å²) in [4.78, 5) is 51.1. The molecule has 1 rings (SSSR count). The molecule has 0 aromatic carbocycles. The number of allylic oxidation sites excluding steroid dienone is 10. The molecule has 6 unspecified atom stereocenters. The highest BCUT2D eigenvalue weighted by atomic mass is 16.7. The van der Waals surface area contributed by atoms with Crippen LogP contribution in [0.2, 0.25) is 0 Å². The highest BCUT2D eigenvalue weighted by Gasteiger charge is 2.50. The van der Waals surface area contributed by atoms with E-state index >= 15 is 0 Å². The van der Waals surface area contributed by atoms with Crippen molar-refractivity contribution in [3.63, 3.8) is 0 Å². The number of ether oxygens (including phenoxy) is 5. The van der Waals surface area contributed by atoms with Crippen molar-refractivity contribution in [2.24, 2.45) is 0 Å². The van der Waals surface area contributed by atoms with Crippen LogP contribution in [0.3, 0.4) is 0 Å². The van der Waals surface area contributed by atoms with E-state index in [4.69, 9.17) is 23.7 Å². The SMILES string of the molecule is CCCCC/C=C\C/C=C\CCCCCCCC(=O)OCC(COC1OC(C(=O)O)C(O)C(O)C1OC(=O)CCCCCCC/C=C\C/C=C\CCCCC)OC(=O)CCCCCCC/C=C\CCCCCC. The van der Waals surface area contributed by atoms with Crippen LogP contribution in [-0.2, 0) is 42.9 Å². The number of aliphatic carboxylic acids is 1. The number of rotatable bonds is 49. The van der Waals surface area contributed by atoms with Crippen LogP contribution in [0.1, 0.15) is 252 Å². The maximum Gasteiger partial charge on any atom is 0.335 e. The van der Waals surface area contributed by atoms with Crippen molar-refractivity contribution in [3.05, 3.63) is 60.8 Å². The summed E-state index contributed by atoms with van der Waals surface area (Å²) in [6.07, 6.45) is 47.6. The summed E-state index contributed by atoms with van der Waals surface area (Å²) in [6, 6.07) is 0. The third-order valence-electron chi connectivity index (χ3n) is 13.0. The first-order valence-electron chi connectivity index (χ1n) is 29.3. The van der Waals surface area contributed by atoms with Gasteiger partial charge in [0.15, 0.2) is 24.6 Å². The monoisotopic (exact) mass is 1030 g/mol. The minimum Gasteiger partial charge on any atom is -0.479 e. The summed E-state index contributed by atoms with van der Waals surface area (Å²) in [5.41, 5.74) is 0. The van der Waals surface area contributed by atoms with Crippen molar-refractivity contribution in [2.45, 2.75) is 289 Å². The van der Waals surface area contributed by atoms with Crippen molar-refractivity contribution in [1.29, 1.82) is 0 Å². The van der Waals surface area contributed by atoms with Gasteiger partial charge in [0, 0.05) is 19.3 Å². The van der Waals surface area contributed by atoms with Crippen LogP contribution in [0, 0.1) is 0 Å². The number of carboxylic acid groups (broad SMARTS) is 1. The molecule has 73 heavy (non-hydrogen) atoms. The van der Waals surface area contributed by atoms with Gasteiger partial charge in [-0.15, -0.1) is 0 Å². The summed E-state index contributed by atoms with van der Waals surface area (Å²) in [5, 5.41) is 31.4. The maximum absolute atomic E-state index is 13.1. The number of aliphatic hydroxyl groups is 2. The normalized spacial score (nSPS) is 18.7. The molecule has 0 aliphatic carbocycles. The molecule has 6 atom stereocenters. The second-order valence-electron chi connectivity index (χ2n) is 19.9. The van der Waals surface area contributed by atoms with E-state index < -0.39 is 67.3 Å². The Morgan fingerprint density at radius 3 is 1.27 bits per heavy atom. The van der Waals surface area contributed by atoms with Crippen LogP contribution in [0.4, 0.5) is 0 Å². The zero-order valence-corrected chi connectivity index (χ0v) is 46.1. The summed E-state index contributed by atoms with van der Waals surface area (Å²) in [5.74, 6) is -3.16. The first kappa shape index (κ1) is 67.4. The van der Waals surface area contributed by atoms with Gasteiger partial charge in [-0.2, -0.15) is 0 Å². The van der Waals surface area contributed by atoms with Crippen molar-refractivity contribution in [2.75, 3.05) is 13.2 Å². The predicted octanol–water partition coefficient (Wildman–Crippen LogP) is 14.8. The molecule has 12 heteroatoms. The summed E-state index contributed by atoms with van der Waals surface area (Å²) < 4.78 is 28.4. The first-order chi connectivity index (χ1) is 35.6. The standard InChI is InChI=1S/C61H104O12/c1-4-7-10-13-16-19-22-25-27-30-32-35-38-41-44-47-53(62)69-50-52(71-54(63)48-45-42-39-36-33-29-24-21-18-15-12-9-6-3)51-70-61-59(57(66)56(65)58(73-61)60(67)68)72-55(64)49-46-43-40-37-34-31-28-26-23-20-17-14-11-8-5-2/h16-17,19-21,24-28,52,56-59,61,65-66H,4-15,18,22-23,29-51H2,1-3H3,(H,67,68)/b19-16-,20-17-,24-21-,27-25-,28-26-. The number of hydrogen-bond donors (Lipinski definition) is 3. The first-order valence-corrected chi connectivity index (χ1v) is 29.3. The van der Waals surface area contributed by atoms with Gasteiger partial charge in [0.25, 0.3) is 0 Å². The molecule has 1 heterocycles. The smallest absolute Gasteiger partial charge is 0.335 e. The molecule has 3 N–H and O–H groups in total. The van der Waals surface area contributed by atoms with Gasteiger partial charge in [-0.1, -0.05) is 184 Å². The van der Waals surface area contributed by atoms with E-state index in [-0.39, 0.29) is 25.9 Å². The van der Waals surface area contributed by atoms with Crippen molar-refractivity contribution in [3.8, 4) is 0 Å². The molecule has 0 saturated carbocycles. The number of carboxylic acids is 1. The Morgan fingerprint density at radius 1 is 0.452 bits per heavy atom. The molecular weight excluding hydrogens is 925 g/mol. The third kappa shape index (κ3) is 39.5. The van der Waals surface area contributed by atoms with E-state index in [0.717, 1.165) is 128 Å². The maximum atomic E-state index is 13.1. The van der Waals surface area contributed by atoms with Crippen LogP contribution < -0.4 is 0 Å². The average molecular weight is 1030 g/mol. The van der Waals surface area contributed by atoms with E-state index in [0.29, 0.717) is 19.3 Å². The lowest BCUT2D eigenvalue weighted by atomic mass is 9.98. The topological polar surface area (TPSA) is 175 Å². The predicted molar refractivity (Wildman–Crippen MR) is 294 cm³/mol. The van der Waals surface area contributed by atoms with E-state index in [9.17, 15) is 34.5 Å². The van der Waals surface area contributed by atoms with E-state index in [2.05, 4.69) is 81.5 Å². The number of aliphatic hydroxyl groups excluding tert-OH is 2. The zero-order valence-electron chi connectivity index (χ0n) is 46.1. The molecule has 12 nitrogen and oxygen atoms in total. The van der Waals surface area contributed by atoms with Gasteiger partial charge >= 0.3 is 23.9 Å². The molecule has 0 aromatic heterocycles. The Labute approximate surface area is 443 Å². The van der Waals surface area contributed by atoms with Gasteiger partial charge in [-0.3, -0.25) is 14.4 Å². The fourth-order valence-electron chi connectivity index (χ4n) is 8.48. The molecule has 1 saturated heterocycles. The number of carbonyl (C=O) groups excluding carboxylic acids is 3. The van der Waals surface area contributed by atoms with Crippen molar-refractivity contribution in [1.82, 2.24) is 0 Å². The van der Waals surface area contributed by atoms with Crippen molar-refractivity contribution >= 4 is 23.9 Å². The summed E-state index contributed by atoms with van der Waals surface area (Å²) in [7, 11) is 0. The van der Waals surface area contributed by atoms with Gasteiger partial charge < -0.3 is 39.0 Å². The zero-order chi connectivity index (χ0) is 53.3. The molecule has 1 fully saturated rings. The second kappa shape index (κ2) is 49.3. The summed E-state index contributed by atoms with van der Waals surface area (Å²) in [6.45, 7) is 5.90. The van der Waals surface area contributed by atoms with Gasteiger partial charge in [-0.05, 0) is 109 Å². The highest BCUT2D eigenvalue weighted by Crippen LogP contribution is 2.26. The van der Waals surface area contributed by atoms with Crippen LogP contribution in [0.15, 0.2) is 60.8 Å². The Balaban J connectivity index is 2.72. The fourth-order valence-corrected chi connectivity index (χ4v) is 8.48. The number of esters is 3. The molecule has 0 radical (unpaired) electrons. The minimum atomic E-state index is -1.91. The molecule has 0 spiro atoms. The lowest BCUT2D eigenvalue weighted by molar-refractivity contribution is -0.301. The lowest BCUT2D eigenvalue weighted by Crippen LogP contribution is -2.61. The molecule has 1 aliphatic heterocycles. The van der Waals surface area contributed by atoms with Crippen LogP contribution in [-0.4, -0.2) is 89.2 Å². The average Bonchev–Trinajstić information content (AvgIpc) is 3.37. The second-order valence-corrected chi connectivity index (χ2v) is 19.9. The van der Waals surface area contributed by atoms with E-state index in [1.165, 1.54) is 64.2 Å². The van der Waals surface area contributed by atoms with Gasteiger partial charge in [0.2, 0.25) is 0 Å². The van der Waals surface area contributed by atoms with E-state index in [1.807, 2.05) is 0 Å². The number of unbranched alkanes of at least 4 members (excludes halogenated alkanes) is 25. The molecular formula is C61H104O12. The molecule has 1 aliphatic rings. The Morgan fingerprint density at radius 2 is 0.822 bits per heavy atom. The van der Waals surface area contributed by atoms with Crippen LogP contribution in [0.25, 0.3) is 0 Å². The molecule has 0 bridgehead atoms. The number of hydrogen-bond acceptors (Lipinski definition) is 11. The van der Waals surface area contributed by atoms with Crippen LogP contribution >= 0.6 is 0 Å². The Kier molecular flexibility index (Phi) is 45.5. The highest BCUT2D eigenvalue weighted by molar-refractivity contribution is 5.74. The van der Waals surface area contributed by atoms with Gasteiger partial charge in [0.05, 0.1) is 6.61 Å². The quantitative estimate of drug-likeness (QED) is 0.0228. The number of carbonyl (C=O) groups is 4. The van der Waals surface area contributed by atoms with E-state index in [1.54, 1.807) is 0 Å². The van der Waals surface area contributed by atoms with Crippen LogP contribution in [0.5, 0.6) is 0 Å². The minimum absolute atomic E-state index is 0.0417. The molecule has 0 aromatic rings.